The molecule has 10 heteroatoms. The number of likely N-dealkylation sites (N-methyl/N-ethyl adjacent to an activating group) is 1. The first kappa shape index (κ1) is 22.6. The van der Waals surface area contributed by atoms with Gasteiger partial charge >= 0.3 is 0 Å². The highest BCUT2D eigenvalue weighted by atomic mass is 35.5. The maximum absolute atomic E-state index is 12.2. The number of quaternary nitrogens is 1. The molecule has 0 saturated heterocycles. The Labute approximate surface area is 152 Å². The largest absolute Gasteiger partial charge is 1.00 e. The average Bonchev–Trinajstić information content (AvgIpc) is 2.50. The topological polar surface area (TPSA) is 111 Å². The summed E-state index contributed by atoms with van der Waals surface area (Å²) >= 11 is 0. The highest BCUT2D eigenvalue weighted by Crippen LogP contribution is 2.28. The van der Waals surface area contributed by atoms with Crippen LogP contribution in [-0.4, -0.2) is 62.6 Å². The smallest absolute Gasteiger partial charge is 0.279 e. The molecule has 2 N–H and O–H groups in total. The Kier molecular flexibility index (Phi) is 9.47. The van der Waals surface area contributed by atoms with Gasteiger partial charge in [-0.05, 0) is 6.07 Å². The zero-order valence-corrected chi connectivity index (χ0v) is 15.2. The molecule has 0 spiro atoms. The lowest BCUT2D eigenvalue weighted by Crippen LogP contribution is -3.00. The molecular weight excluding hydrogens is 352 g/mol. The first-order valence-electron chi connectivity index (χ1n) is 7.40. The van der Waals surface area contributed by atoms with Gasteiger partial charge in [-0.15, -0.1) is 0 Å². The van der Waals surface area contributed by atoms with Gasteiger partial charge in [0.1, 0.15) is 5.75 Å². The minimum absolute atomic E-state index is 0. The number of carbonyl (C=O) groups is 2. The van der Waals surface area contributed by atoms with Gasteiger partial charge in [0.25, 0.3) is 11.6 Å². The average molecular weight is 375 g/mol. The molecule has 9 nitrogen and oxygen atoms in total. The van der Waals surface area contributed by atoms with Gasteiger partial charge in [0.05, 0.1) is 38.4 Å². The zero-order chi connectivity index (χ0) is 18.2. The quantitative estimate of drug-likeness (QED) is 0.158. The van der Waals surface area contributed by atoms with Crippen molar-refractivity contribution in [3.8, 4) is 5.75 Å². The van der Waals surface area contributed by atoms with Crippen LogP contribution in [0.15, 0.2) is 18.2 Å². The summed E-state index contributed by atoms with van der Waals surface area (Å²) in [5, 5.41) is 16.1. The van der Waals surface area contributed by atoms with E-state index in [9.17, 15) is 19.7 Å². The van der Waals surface area contributed by atoms with E-state index in [0.29, 0.717) is 29.7 Å². The van der Waals surface area contributed by atoms with Crippen LogP contribution in [0, 0.1) is 10.1 Å². The van der Waals surface area contributed by atoms with Crippen molar-refractivity contribution < 1.29 is 36.1 Å². The molecule has 0 aliphatic heterocycles. The van der Waals surface area contributed by atoms with Gasteiger partial charge in [0.15, 0.2) is 6.54 Å². The van der Waals surface area contributed by atoms with Gasteiger partial charge < -0.3 is 32.3 Å². The Balaban J connectivity index is 0.00000576. The fourth-order valence-electron chi connectivity index (χ4n) is 2.23. The molecule has 0 aromatic heterocycles. The van der Waals surface area contributed by atoms with E-state index in [1.54, 1.807) is 0 Å². The SMILES string of the molecule is COc1ccc([N+](=O)[O-])cc1NC(=O)C[N+](C)(C)CCCNC=O.[Cl-]. The number of ether oxygens (including phenoxy) is 1. The van der Waals surface area contributed by atoms with Gasteiger partial charge in [0.2, 0.25) is 6.41 Å². The molecule has 0 fully saturated rings. The molecule has 25 heavy (non-hydrogen) atoms. The summed E-state index contributed by atoms with van der Waals surface area (Å²) in [6, 6.07) is 4.03. The zero-order valence-electron chi connectivity index (χ0n) is 14.5. The van der Waals surface area contributed by atoms with Crippen LogP contribution in [0.5, 0.6) is 5.75 Å². The molecule has 2 amide bonds. The van der Waals surface area contributed by atoms with Crippen LogP contribution in [0.2, 0.25) is 0 Å². The second-order valence-electron chi connectivity index (χ2n) is 5.93. The fraction of sp³-hybridized carbons (Fsp3) is 0.467. The minimum atomic E-state index is -0.533. The van der Waals surface area contributed by atoms with Crippen molar-refractivity contribution in [2.45, 2.75) is 6.42 Å². The van der Waals surface area contributed by atoms with Crippen molar-refractivity contribution in [2.24, 2.45) is 0 Å². The number of methoxy groups -OCH3 is 1. The number of anilines is 1. The second kappa shape index (κ2) is 10.5. The standard InChI is InChI=1S/C15H22N4O5.ClH/c1-19(2,8-4-7-16-11-20)10-15(21)17-13-9-12(18(22)23)5-6-14(13)24-3;/h5-6,9,11H,4,7-8,10H2,1-3H3,(H-,16,17,20,21);1H. The highest BCUT2D eigenvalue weighted by molar-refractivity contribution is 5.93. The third-order valence-corrected chi connectivity index (χ3v) is 3.41. The second-order valence-corrected chi connectivity index (χ2v) is 5.93. The summed E-state index contributed by atoms with van der Waals surface area (Å²) in [5.41, 5.74) is 0.138. The number of nitrogens with zero attached hydrogens (tertiary/aromatic N) is 2. The number of carbonyl (C=O) groups excluding carboxylic acids is 2. The number of nitrogens with one attached hydrogen (secondary N) is 2. The molecule has 0 atom stereocenters. The third-order valence-electron chi connectivity index (χ3n) is 3.41. The number of nitro groups is 1. The number of hydrogen-bond donors (Lipinski definition) is 2. The van der Waals surface area contributed by atoms with Gasteiger partial charge in [-0.2, -0.15) is 0 Å². The number of hydrogen-bond acceptors (Lipinski definition) is 5. The van der Waals surface area contributed by atoms with E-state index in [1.807, 2.05) is 14.1 Å². The van der Waals surface area contributed by atoms with Crippen molar-refractivity contribution >= 4 is 23.7 Å². The molecule has 1 aromatic rings. The van der Waals surface area contributed by atoms with E-state index in [4.69, 9.17) is 4.74 Å². The molecule has 0 unspecified atom stereocenters. The summed E-state index contributed by atoms with van der Waals surface area (Å²) in [5.74, 6) is 0.0802. The van der Waals surface area contributed by atoms with Gasteiger partial charge in [-0.1, -0.05) is 0 Å². The van der Waals surface area contributed by atoms with E-state index in [-0.39, 0.29) is 36.2 Å². The van der Waals surface area contributed by atoms with Crippen LogP contribution in [0.25, 0.3) is 0 Å². The van der Waals surface area contributed by atoms with Crippen molar-refractivity contribution in [3.05, 3.63) is 28.3 Å². The van der Waals surface area contributed by atoms with E-state index in [1.165, 1.54) is 25.3 Å². The molecule has 0 aliphatic rings. The van der Waals surface area contributed by atoms with Crippen LogP contribution in [0.4, 0.5) is 11.4 Å². The van der Waals surface area contributed by atoms with Crippen LogP contribution in [0.3, 0.4) is 0 Å². The lowest BCUT2D eigenvalue weighted by atomic mass is 10.2. The number of rotatable bonds is 10. The van der Waals surface area contributed by atoms with Crippen LogP contribution < -0.4 is 27.8 Å². The molecule has 0 bridgehead atoms. The minimum Gasteiger partial charge on any atom is -1.00 e. The summed E-state index contributed by atoms with van der Waals surface area (Å²) in [4.78, 5) is 32.8. The van der Waals surface area contributed by atoms with Crippen molar-refractivity contribution in [3.63, 3.8) is 0 Å². The molecular formula is C15H23ClN4O5. The summed E-state index contributed by atoms with van der Waals surface area (Å²) in [7, 11) is 5.22. The molecule has 0 saturated carbocycles. The van der Waals surface area contributed by atoms with Crippen molar-refractivity contribution in [1.82, 2.24) is 5.32 Å². The lowest BCUT2D eigenvalue weighted by Gasteiger charge is -2.29. The Hall–Kier alpha value is -2.39. The molecule has 0 aliphatic carbocycles. The van der Waals surface area contributed by atoms with Crippen molar-refractivity contribution in [1.29, 1.82) is 0 Å². The molecule has 1 rings (SSSR count). The van der Waals surface area contributed by atoms with E-state index in [2.05, 4.69) is 10.6 Å². The van der Waals surface area contributed by atoms with Gasteiger partial charge in [-0.25, -0.2) is 0 Å². The Bertz CT molecular complexity index is 610. The number of amides is 2. The Morgan fingerprint density at radius 1 is 1.40 bits per heavy atom. The molecule has 0 heterocycles. The number of non-ortho nitro benzene ring substituents is 1. The fourth-order valence-corrected chi connectivity index (χ4v) is 2.23. The molecule has 0 radical (unpaired) electrons. The van der Waals surface area contributed by atoms with Crippen LogP contribution in [0.1, 0.15) is 6.42 Å². The van der Waals surface area contributed by atoms with Crippen LogP contribution >= 0.6 is 0 Å². The monoisotopic (exact) mass is 374 g/mol. The maximum Gasteiger partial charge on any atom is 0.279 e. The predicted octanol–water partition coefficient (Wildman–Crippen LogP) is -2.24. The first-order chi connectivity index (χ1) is 11.3. The van der Waals surface area contributed by atoms with Gasteiger partial charge in [0, 0.05) is 25.1 Å². The number of nitro benzene ring substituents is 1. The van der Waals surface area contributed by atoms with E-state index in [0.717, 1.165) is 6.42 Å². The highest BCUT2D eigenvalue weighted by Gasteiger charge is 2.21. The summed E-state index contributed by atoms with van der Waals surface area (Å²) in [6.07, 6.45) is 1.38. The summed E-state index contributed by atoms with van der Waals surface area (Å²) in [6.45, 7) is 1.43. The first-order valence-corrected chi connectivity index (χ1v) is 7.40. The normalized spacial score (nSPS) is 10.4. The van der Waals surface area contributed by atoms with Crippen LogP contribution in [-0.2, 0) is 9.59 Å². The van der Waals surface area contributed by atoms with Gasteiger partial charge in [-0.3, -0.25) is 19.7 Å². The third kappa shape index (κ3) is 7.81. The molecule has 1 aromatic carbocycles. The molecule has 140 valence electrons. The summed E-state index contributed by atoms with van der Waals surface area (Å²) < 4.78 is 5.54. The Morgan fingerprint density at radius 2 is 2.08 bits per heavy atom. The van der Waals surface area contributed by atoms with E-state index < -0.39 is 4.92 Å². The van der Waals surface area contributed by atoms with Crippen molar-refractivity contribution in [2.75, 3.05) is 46.2 Å². The number of benzene rings is 1. The van der Waals surface area contributed by atoms with E-state index >= 15 is 0 Å². The number of halogens is 1. The predicted molar refractivity (Wildman–Crippen MR) is 88.8 cm³/mol. The maximum atomic E-state index is 12.2. The Morgan fingerprint density at radius 3 is 2.64 bits per heavy atom. The lowest BCUT2D eigenvalue weighted by molar-refractivity contribution is -0.882.